The number of halogens is 1. The summed E-state index contributed by atoms with van der Waals surface area (Å²) in [5, 5.41) is 4.40. The van der Waals surface area contributed by atoms with Crippen LogP contribution in [0.15, 0.2) is 34.9 Å². The summed E-state index contributed by atoms with van der Waals surface area (Å²) in [5.74, 6) is 0. The molecule has 2 rings (SSSR count). The molecular weight excluding hydrogens is 354 g/mol. The van der Waals surface area contributed by atoms with Crippen LogP contribution in [0.3, 0.4) is 0 Å². The van der Waals surface area contributed by atoms with Crippen LogP contribution < -0.4 is 10.0 Å². The van der Waals surface area contributed by atoms with E-state index in [1.54, 1.807) is 6.20 Å². The smallest absolute Gasteiger partial charge is 0.208 e. The van der Waals surface area contributed by atoms with Crippen LogP contribution in [0.1, 0.15) is 12.0 Å². The summed E-state index contributed by atoms with van der Waals surface area (Å²) in [6.07, 6.45) is 3.70. The fraction of sp³-hybridized carbons (Fsp3) is 0.357. The minimum absolute atomic E-state index is 0.450. The zero-order valence-corrected chi connectivity index (χ0v) is 14.2. The summed E-state index contributed by atoms with van der Waals surface area (Å²) >= 11 is 3.53. The maximum absolute atomic E-state index is 10.9. The fourth-order valence-electron chi connectivity index (χ4n) is 2.03. The highest BCUT2D eigenvalue weighted by Gasteiger charge is 2.05. The molecule has 0 aliphatic carbocycles. The number of sulfonamides is 1. The van der Waals surface area contributed by atoms with E-state index in [-0.39, 0.29) is 0 Å². The van der Waals surface area contributed by atoms with E-state index < -0.39 is 10.0 Å². The van der Waals surface area contributed by atoms with Crippen molar-refractivity contribution < 1.29 is 8.42 Å². The first kappa shape index (κ1) is 16.4. The molecule has 1 heterocycles. The van der Waals surface area contributed by atoms with Gasteiger partial charge in [0.05, 0.1) is 11.8 Å². The van der Waals surface area contributed by atoms with Crippen LogP contribution in [0.2, 0.25) is 0 Å². The molecule has 21 heavy (non-hydrogen) atoms. The Labute approximate surface area is 133 Å². The standard InChI is InChI=1S/C14H18BrN3O2S/c1-21(19,20)18-9-3-7-16-10-11-5-6-13(15)12-4-2-8-17-14(11)12/h2,4-6,8,16,18H,3,7,9-10H2,1H3. The predicted molar refractivity (Wildman–Crippen MR) is 88.6 cm³/mol. The molecule has 2 aromatic rings. The monoisotopic (exact) mass is 371 g/mol. The molecule has 1 aromatic heterocycles. The van der Waals surface area contributed by atoms with Gasteiger partial charge in [-0.25, -0.2) is 13.1 Å². The van der Waals surface area contributed by atoms with Crippen LogP contribution in [0.5, 0.6) is 0 Å². The van der Waals surface area contributed by atoms with Crippen molar-refractivity contribution in [2.24, 2.45) is 0 Å². The number of nitrogens with one attached hydrogen (secondary N) is 2. The van der Waals surface area contributed by atoms with Crippen molar-refractivity contribution in [3.8, 4) is 0 Å². The van der Waals surface area contributed by atoms with Crippen LogP contribution in [0.4, 0.5) is 0 Å². The lowest BCUT2D eigenvalue weighted by molar-refractivity contribution is 0.579. The van der Waals surface area contributed by atoms with Crippen LogP contribution in [-0.2, 0) is 16.6 Å². The van der Waals surface area contributed by atoms with Gasteiger partial charge in [-0.15, -0.1) is 0 Å². The van der Waals surface area contributed by atoms with Gasteiger partial charge in [0.25, 0.3) is 0 Å². The highest BCUT2D eigenvalue weighted by Crippen LogP contribution is 2.24. The maximum atomic E-state index is 10.9. The zero-order chi connectivity index (χ0) is 15.3. The van der Waals surface area contributed by atoms with E-state index >= 15 is 0 Å². The van der Waals surface area contributed by atoms with Gasteiger partial charge in [0.2, 0.25) is 10.0 Å². The Morgan fingerprint density at radius 1 is 1.24 bits per heavy atom. The number of benzene rings is 1. The fourth-order valence-corrected chi connectivity index (χ4v) is 3.00. The largest absolute Gasteiger partial charge is 0.313 e. The molecule has 0 aliphatic rings. The van der Waals surface area contributed by atoms with Crippen LogP contribution in [-0.4, -0.2) is 32.7 Å². The molecule has 0 unspecified atom stereocenters. The maximum Gasteiger partial charge on any atom is 0.208 e. The lowest BCUT2D eigenvalue weighted by Gasteiger charge is -2.09. The predicted octanol–water partition coefficient (Wildman–Crippen LogP) is 2.03. The summed E-state index contributed by atoms with van der Waals surface area (Å²) in [6.45, 7) is 1.90. The molecule has 0 atom stereocenters. The Morgan fingerprint density at radius 3 is 2.81 bits per heavy atom. The van der Waals surface area contributed by atoms with Crippen molar-refractivity contribution in [3.05, 3.63) is 40.5 Å². The van der Waals surface area contributed by atoms with E-state index in [9.17, 15) is 8.42 Å². The average Bonchev–Trinajstić information content (AvgIpc) is 2.44. The average molecular weight is 372 g/mol. The second kappa shape index (κ2) is 7.31. The van der Waals surface area contributed by atoms with Crippen LogP contribution in [0, 0.1) is 0 Å². The number of aromatic nitrogens is 1. The van der Waals surface area contributed by atoms with Gasteiger partial charge in [0.15, 0.2) is 0 Å². The zero-order valence-electron chi connectivity index (χ0n) is 11.8. The SMILES string of the molecule is CS(=O)(=O)NCCCNCc1ccc(Br)c2cccnc12. The minimum atomic E-state index is -3.09. The molecule has 1 aromatic carbocycles. The van der Waals surface area contributed by atoms with Gasteiger partial charge in [-0.1, -0.05) is 28.1 Å². The first-order valence-electron chi connectivity index (χ1n) is 6.65. The lowest BCUT2D eigenvalue weighted by Crippen LogP contribution is -2.26. The Balaban J connectivity index is 1.88. The molecule has 0 aliphatic heterocycles. The number of hydrogen-bond acceptors (Lipinski definition) is 4. The topological polar surface area (TPSA) is 71.1 Å². The van der Waals surface area contributed by atoms with Gasteiger partial charge in [0.1, 0.15) is 0 Å². The van der Waals surface area contributed by atoms with Crippen LogP contribution in [0.25, 0.3) is 10.9 Å². The Bertz CT molecular complexity index is 719. The van der Waals surface area contributed by atoms with Crippen molar-refractivity contribution >= 4 is 36.9 Å². The van der Waals surface area contributed by atoms with E-state index in [0.29, 0.717) is 13.1 Å². The molecule has 0 bridgehead atoms. The second-order valence-electron chi connectivity index (χ2n) is 4.80. The molecule has 0 spiro atoms. The molecule has 114 valence electrons. The minimum Gasteiger partial charge on any atom is -0.313 e. The Hall–Kier alpha value is -1.02. The van der Waals surface area contributed by atoms with Crippen LogP contribution >= 0.6 is 15.9 Å². The van der Waals surface area contributed by atoms with Crippen molar-refractivity contribution in [1.82, 2.24) is 15.0 Å². The normalized spacial score (nSPS) is 11.9. The number of nitrogens with zero attached hydrogens (tertiary/aromatic N) is 1. The lowest BCUT2D eigenvalue weighted by atomic mass is 10.1. The van der Waals surface area contributed by atoms with Gasteiger partial charge in [-0.2, -0.15) is 0 Å². The summed E-state index contributed by atoms with van der Waals surface area (Å²) < 4.78 is 25.3. The van der Waals surface area contributed by atoms with E-state index in [1.807, 2.05) is 24.3 Å². The quantitative estimate of drug-likeness (QED) is 0.730. The van der Waals surface area contributed by atoms with Crippen molar-refractivity contribution in [2.75, 3.05) is 19.3 Å². The number of rotatable bonds is 7. The number of fused-ring (bicyclic) bond motifs is 1. The van der Waals surface area contributed by atoms with E-state index in [4.69, 9.17) is 0 Å². The third-order valence-corrected chi connectivity index (χ3v) is 4.43. The molecule has 2 N–H and O–H groups in total. The van der Waals surface area contributed by atoms with Crippen molar-refractivity contribution in [2.45, 2.75) is 13.0 Å². The molecule has 0 radical (unpaired) electrons. The van der Waals surface area contributed by atoms with E-state index in [0.717, 1.165) is 33.9 Å². The van der Waals surface area contributed by atoms with Gasteiger partial charge >= 0.3 is 0 Å². The molecule has 7 heteroatoms. The molecular formula is C14H18BrN3O2S. The van der Waals surface area contributed by atoms with E-state index in [2.05, 4.69) is 31.0 Å². The number of hydrogen-bond donors (Lipinski definition) is 2. The second-order valence-corrected chi connectivity index (χ2v) is 7.49. The first-order valence-corrected chi connectivity index (χ1v) is 9.33. The molecule has 0 fully saturated rings. The van der Waals surface area contributed by atoms with Crippen molar-refractivity contribution in [1.29, 1.82) is 0 Å². The highest BCUT2D eigenvalue weighted by atomic mass is 79.9. The summed E-state index contributed by atoms with van der Waals surface area (Å²) in [4.78, 5) is 4.43. The highest BCUT2D eigenvalue weighted by molar-refractivity contribution is 9.10. The first-order chi connectivity index (χ1) is 9.97. The summed E-state index contributed by atoms with van der Waals surface area (Å²) in [5.41, 5.74) is 2.11. The van der Waals surface area contributed by atoms with Gasteiger partial charge in [-0.05, 0) is 30.7 Å². The third kappa shape index (κ3) is 5.03. The molecule has 0 amide bonds. The van der Waals surface area contributed by atoms with Gasteiger partial charge in [0, 0.05) is 29.1 Å². The molecule has 0 saturated carbocycles. The van der Waals surface area contributed by atoms with Gasteiger partial charge in [-0.3, -0.25) is 4.98 Å². The Morgan fingerprint density at radius 2 is 2.05 bits per heavy atom. The van der Waals surface area contributed by atoms with Crippen molar-refractivity contribution in [3.63, 3.8) is 0 Å². The molecule has 5 nitrogen and oxygen atoms in total. The van der Waals surface area contributed by atoms with E-state index in [1.165, 1.54) is 6.26 Å². The summed E-state index contributed by atoms with van der Waals surface area (Å²) in [6, 6.07) is 8.01. The third-order valence-electron chi connectivity index (χ3n) is 3.01. The summed E-state index contributed by atoms with van der Waals surface area (Å²) in [7, 11) is -3.09. The number of pyridine rings is 1. The van der Waals surface area contributed by atoms with Gasteiger partial charge < -0.3 is 5.32 Å². The Kier molecular flexibility index (Phi) is 5.69. The molecule has 0 saturated heterocycles.